The van der Waals surface area contributed by atoms with E-state index >= 15 is 0 Å². The van der Waals surface area contributed by atoms with Crippen LogP contribution in [0.1, 0.15) is 28.4 Å². The van der Waals surface area contributed by atoms with Crippen LogP contribution in [-0.2, 0) is 16.0 Å². The van der Waals surface area contributed by atoms with Crippen LogP contribution in [0, 0.1) is 6.92 Å². The molecule has 0 aliphatic heterocycles. The summed E-state index contributed by atoms with van der Waals surface area (Å²) < 4.78 is 10.1. The third kappa shape index (κ3) is 4.59. The highest BCUT2D eigenvalue weighted by Crippen LogP contribution is 2.18. The van der Waals surface area contributed by atoms with Crippen molar-refractivity contribution < 1.29 is 19.1 Å². The van der Waals surface area contributed by atoms with E-state index in [0.29, 0.717) is 17.9 Å². The van der Waals surface area contributed by atoms with Gasteiger partial charge in [-0.2, -0.15) is 0 Å². The zero-order chi connectivity index (χ0) is 17.5. The van der Waals surface area contributed by atoms with Crippen molar-refractivity contribution in [3.05, 3.63) is 59.2 Å². The first kappa shape index (κ1) is 17.5. The standard InChI is InChI=1S/C19H21NO4/c1-4-24-19(22)15-7-10-17(13(2)11-15)20-18(21)12-14-5-8-16(23-3)9-6-14/h5-11H,4,12H2,1-3H3,(H,20,21). The molecule has 0 radical (unpaired) electrons. The summed E-state index contributed by atoms with van der Waals surface area (Å²) >= 11 is 0. The van der Waals surface area contributed by atoms with Crippen molar-refractivity contribution >= 4 is 17.6 Å². The lowest BCUT2D eigenvalue weighted by atomic mass is 10.1. The fourth-order valence-electron chi connectivity index (χ4n) is 2.27. The molecule has 126 valence electrons. The van der Waals surface area contributed by atoms with E-state index in [9.17, 15) is 9.59 Å². The van der Waals surface area contributed by atoms with Crippen LogP contribution in [0.25, 0.3) is 0 Å². The molecule has 0 aromatic heterocycles. The number of amides is 1. The van der Waals surface area contributed by atoms with Gasteiger partial charge in [0.15, 0.2) is 0 Å². The molecule has 0 saturated heterocycles. The number of methoxy groups -OCH3 is 1. The number of hydrogen-bond acceptors (Lipinski definition) is 4. The highest BCUT2D eigenvalue weighted by atomic mass is 16.5. The van der Waals surface area contributed by atoms with E-state index in [1.807, 2.05) is 31.2 Å². The van der Waals surface area contributed by atoms with Crippen molar-refractivity contribution in [1.82, 2.24) is 0 Å². The van der Waals surface area contributed by atoms with Gasteiger partial charge in [0.25, 0.3) is 0 Å². The first-order chi connectivity index (χ1) is 11.5. The molecule has 0 bridgehead atoms. The fourth-order valence-corrected chi connectivity index (χ4v) is 2.27. The Kier molecular flexibility index (Phi) is 5.95. The van der Waals surface area contributed by atoms with Crippen molar-refractivity contribution in [3.63, 3.8) is 0 Å². The number of nitrogens with one attached hydrogen (secondary N) is 1. The largest absolute Gasteiger partial charge is 0.497 e. The number of benzene rings is 2. The van der Waals surface area contributed by atoms with E-state index in [-0.39, 0.29) is 18.3 Å². The minimum atomic E-state index is -0.364. The van der Waals surface area contributed by atoms with Gasteiger partial charge < -0.3 is 14.8 Å². The molecule has 2 aromatic carbocycles. The molecule has 0 atom stereocenters. The molecule has 5 nitrogen and oxygen atoms in total. The van der Waals surface area contributed by atoms with Gasteiger partial charge in [-0.05, 0) is 55.3 Å². The second kappa shape index (κ2) is 8.15. The number of hydrogen-bond donors (Lipinski definition) is 1. The molecule has 24 heavy (non-hydrogen) atoms. The van der Waals surface area contributed by atoms with Crippen LogP contribution in [0.2, 0.25) is 0 Å². The number of carbonyl (C=O) groups excluding carboxylic acids is 2. The number of anilines is 1. The summed E-state index contributed by atoms with van der Waals surface area (Å²) in [5.74, 6) is 0.272. The van der Waals surface area contributed by atoms with Gasteiger partial charge in [0.1, 0.15) is 5.75 Å². The van der Waals surface area contributed by atoms with Crippen LogP contribution in [0.3, 0.4) is 0 Å². The molecule has 0 unspecified atom stereocenters. The summed E-state index contributed by atoms with van der Waals surface area (Å²) in [7, 11) is 1.60. The van der Waals surface area contributed by atoms with E-state index in [2.05, 4.69) is 5.32 Å². The molecule has 5 heteroatoms. The van der Waals surface area contributed by atoms with Gasteiger partial charge in [0, 0.05) is 5.69 Å². The Morgan fingerprint density at radius 2 is 1.79 bits per heavy atom. The minimum absolute atomic E-state index is 0.118. The molecule has 2 aromatic rings. The van der Waals surface area contributed by atoms with Gasteiger partial charge in [-0.3, -0.25) is 4.79 Å². The quantitative estimate of drug-likeness (QED) is 0.826. The molecule has 0 saturated carbocycles. The highest BCUT2D eigenvalue weighted by molar-refractivity contribution is 5.95. The molecule has 0 fully saturated rings. The summed E-state index contributed by atoms with van der Waals surface area (Å²) in [4.78, 5) is 23.9. The van der Waals surface area contributed by atoms with E-state index in [1.165, 1.54) is 0 Å². The number of rotatable bonds is 6. The Bertz CT molecular complexity index is 723. The molecular formula is C19H21NO4. The summed E-state index contributed by atoms with van der Waals surface area (Å²) in [6.45, 7) is 3.93. The highest BCUT2D eigenvalue weighted by Gasteiger charge is 2.10. The number of esters is 1. The average Bonchev–Trinajstić information content (AvgIpc) is 2.57. The van der Waals surface area contributed by atoms with Crippen molar-refractivity contribution in [2.75, 3.05) is 19.0 Å². The van der Waals surface area contributed by atoms with E-state index < -0.39 is 0 Å². The molecule has 1 amide bonds. The zero-order valence-electron chi connectivity index (χ0n) is 14.1. The lowest BCUT2D eigenvalue weighted by Crippen LogP contribution is -2.15. The number of ether oxygens (including phenoxy) is 2. The maximum Gasteiger partial charge on any atom is 0.338 e. The molecule has 0 heterocycles. The van der Waals surface area contributed by atoms with Gasteiger partial charge in [0.05, 0.1) is 25.7 Å². The van der Waals surface area contributed by atoms with E-state index in [4.69, 9.17) is 9.47 Å². The van der Waals surface area contributed by atoms with Crippen molar-refractivity contribution in [2.24, 2.45) is 0 Å². The SMILES string of the molecule is CCOC(=O)c1ccc(NC(=O)Cc2ccc(OC)cc2)c(C)c1. The van der Waals surface area contributed by atoms with Gasteiger partial charge in [-0.1, -0.05) is 12.1 Å². The van der Waals surface area contributed by atoms with Crippen molar-refractivity contribution in [2.45, 2.75) is 20.3 Å². The number of carbonyl (C=O) groups is 2. The third-order valence-corrected chi connectivity index (χ3v) is 3.54. The zero-order valence-corrected chi connectivity index (χ0v) is 14.1. The Morgan fingerprint density at radius 1 is 1.08 bits per heavy atom. The van der Waals surface area contributed by atoms with Gasteiger partial charge in [-0.15, -0.1) is 0 Å². The van der Waals surface area contributed by atoms with Crippen LogP contribution in [0.4, 0.5) is 5.69 Å². The van der Waals surface area contributed by atoms with Crippen LogP contribution < -0.4 is 10.1 Å². The van der Waals surface area contributed by atoms with Crippen molar-refractivity contribution in [3.8, 4) is 5.75 Å². The lowest BCUT2D eigenvalue weighted by molar-refractivity contribution is -0.115. The van der Waals surface area contributed by atoms with Gasteiger partial charge >= 0.3 is 5.97 Å². The Hall–Kier alpha value is -2.82. The monoisotopic (exact) mass is 327 g/mol. The smallest absolute Gasteiger partial charge is 0.338 e. The van der Waals surface area contributed by atoms with Gasteiger partial charge in [0.2, 0.25) is 5.91 Å². The Balaban J connectivity index is 2.01. The second-order valence-corrected chi connectivity index (χ2v) is 5.32. The predicted molar refractivity (Wildman–Crippen MR) is 92.5 cm³/mol. The molecule has 0 aliphatic rings. The summed E-state index contributed by atoms with van der Waals surface area (Å²) in [5, 5.41) is 2.86. The van der Waals surface area contributed by atoms with Crippen LogP contribution in [0.15, 0.2) is 42.5 Å². The first-order valence-electron chi connectivity index (χ1n) is 7.74. The third-order valence-electron chi connectivity index (χ3n) is 3.54. The van der Waals surface area contributed by atoms with E-state index in [1.54, 1.807) is 32.2 Å². The van der Waals surface area contributed by atoms with E-state index in [0.717, 1.165) is 16.9 Å². The Labute approximate surface area is 141 Å². The summed E-state index contributed by atoms with van der Waals surface area (Å²) in [6.07, 6.45) is 0.267. The molecule has 1 N–H and O–H groups in total. The molecule has 0 spiro atoms. The summed E-state index contributed by atoms with van der Waals surface area (Å²) in [6, 6.07) is 12.4. The lowest BCUT2D eigenvalue weighted by Gasteiger charge is -2.10. The minimum Gasteiger partial charge on any atom is -0.497 e. The second-order valence-electron chi connectivity index (χ2n) is 5.32. The maximum absolute atomic E-state index is 12.2. The molecule has 2 rings (SSSR count). The molecular weight excluding hydrogens is 306 g/mol. The first-order valence-corrected chi connectivity index (χ1v) is 7.74. The predicted octanol–water partition coefficient (Wildman–Crippen LogP) is 3.36. The average molecular weight is 327 g/mol. The molecule has 0 aliphatic carbocycles. The maximum atomic E-state index is 12.2. The normalized spacial score (nSPS) is 10.1. The van der Waals surface area contributed by atoms with Gasteiger partial charge in [-0.25, -0.2) is 4.79 Å². The summed E-state index contributed by atoms with van der Waals surface area (Å²) in [5.41, 5.74) is 2.86. The fraction of sp³-hybridized carbons (Fsp3) is 0.263. The van der Waals surface area contributed by atoms with Crippen LogP contribution >= 0.6 is 0 Å². The topological polar surface area (TPSA) is 64.6 Å². The van der Waals surface area contributed by atoms with Crippen LogP contribution in [-0.4, -0.2) is 25.6 Å². The Morgan fingerprint density at radius 3 is 2.38 bits per heavy atom. The van der Waals surface area contributed by atoms with Crippen molar-refractivity contribution in [1.29, 1.82) is 0 Å². The van der Waals surface area contributed by atoms with Crippen LogP contribution in [0.5, 0.6) is 5.75 Å². The number of aryl methyl sites for hydroxylation is 1.